The van der Waals surface area contributed by atoms with Gasteiger partial charge in [-0.1, -0.05) is 15.9 Å². The van der Waals surface area contributed by atoms with E-state index in [4.69, 9.17) is 10.5 Å². The summed E-state index contributed by atoms with van der Waals surface area (Å²) < 4.78 is 11.6. The second kappa shape index (κ2) is 9.82. The second-order valence-electron chi connectivity index (χ2n) is 4.51. The molecule has 1 aromatic heterocycles. The Morgan fingerprint density at radius 3 is 2.71 bits per heavy atom. The molecule has 0 bridgehead atoms. The molecule has 8 nitrogen and oxygen atoms in total. The zero-order valence-electron chi connectivity index (χ0n) is 12.6. The molecule has 1 aromatic carbocycles. The molecule has 0 saturated carbocycles. The van der Waals surface area contributed by atoms with Gasteiger partial charge >= 0.3 is 0 Å². The summed E-state index contributed by atoms with van der Waals surface area (Å²) in [6.07, 6.45) is 0. The highest BCUT2D eigenvalue weighted by molar-refractivity contribution is 9.11. The summed E-state index contributed by atoms with van der Waals surface area (Å²) in [7, 11) is 1.62. The summed E-state index contributed by atoms with van der Waals surface area (Å²) in [6.45, 7) is 1.55. The van der Waals surface area contributed by atoms with Crippen LogP contribution < -0.4 is 21.1 Å². The van der Waals surface area contributed by atoms with E-state index >= 15 is 0 Å². The largest absolute Gasteiger partial charge is 0.495 e. The predicted octanol–water partition coefficient (Wildman–Crippen LogP) is 2.13. The minimum absolute atomic E-state index is 0. The normalized spacial score (nSPS) is 10.1. The lowest BCUT2D eigenvalue weighted by Crippen LogP contribution is -2.32. The molecular formula is C13H16Br2ClN5O3. The van der Waals surface area contributed by atoms with E-state index in [0.29, 0.717) is 19.6 Å². The van der Waals surface area contributed by atoms with E-state index in [0.717, 1.165) is 20.3 Å². The number of ether oxygens (including phenoxy) is 1. The Hall–Kier alpha value is -1.36. The maximum atomic E-state index is 11.7. The molecule has 0 aliphatic carbocycles. The van der Waals surface area contributed by atoms with E-state index in [2.05, 4.69) is 57.4 Å². The van der Waals surface area contributed by atoms with E-state index in [9.17, 15) is 4.79 Å². The van der Waals surface area contributed by atoms with Crippen molar-refractivity contribution in [3.05, 3.63) is 32.3 Å². The molecule has 0 saturated heterocycles. The zero-order chi connectivity index (χ0) is 16.8. The molecule has 1 heterocycles. The lowest BCUT2D eigenvalue weighted by Gasteiger charge is -2.12. The predicted molar refractivity (Wildman–Crippen MR) is 98.4 cm³/mol. The number of carbonyl (C=O) groups is 1. The van der Waals surface area contributed by atoms with Crippen molar-refractivity contribution in [2.45, 2.75) is 6.54 Å². The molecule has 0 atom stereocenters. The molecular weight excluding hydrogens is 469 g/mol. The van der Waals surface area contributed by atoms with Crippen LogP contribution in [0.1, 0.15) is 16.1 Å². The maximum absolute atomic E-state index is 11.7. The molecule has 2 aromatic rings. The number of methoxy groups -OCH3 is 1. The van der Waals surface area contributed by atoms with Gasteiger partial charge in [0.2, 0.25) is 11.5 Å². The van der Waals surface area contributed by atoms with Crippen molar-refractivity contribution in [2.75, 3.05) is 25.9 Å². The number of hydrogen-bond acceptors (Lipinski definition) is 7. The third-order valence-electron chi connectivity index (χ3n) is 2.92. The number of benzene rings is 1. The lowest BCUT2D eigenvalue weighted by molar-refractivity contribution is 0.0944. The molecule has 0 fully saturated rings. The van der Waals surface area contributed by atoms with Crippen LogP contribution in [0.15, 0.2) is 25.7 Å². The number of nitrogens with zero attached hydrogens (tertiary/aromatic N) is 2. The number of nitrogen functional groups attached to an aromatic ring is 1. The third kappa shape index (κ3) is 5.33. The van der Waals surface area contributed by atoms with Crippen molar-refractivity contribution < 1.29 is 14.2 Å². The highest BCUT2D eigenvalue weighted by atomic mass is 79.9. The van der Waals surface area contributed by atoms with Gasteiger partial charge < -0.3 is 21.1 Å². The SMILES string of the molecule is COc1c(Br)cc(Br)cc1CNCCNC(=O)c1nonc1N.Cl. The van der Waals surface area contributed by atoms with Gasteiger partial charge in [0.05, 0.1) is 11.6 Å². The first-order chi connectivity index (χ1) is 11.0. The van der Waals surface area contributed by atoms with Gasteiger partial charge in [0.15, 0.2) is 0 Å². The van der Waals surface area contributed by atoms with Crippen LogP contribution in [0, 0.1) is 0 Å². The highest BCUT2D eigenvalue weighted by Crippen LogP contribution is 2.32. The van der Waals surface area contributed by atoms with Crippen molar-refractivity contribution in [1.29, 1.82) is 0 Å². The number of nitrogens with two attached hydrogens (primary N) is 1. The molecule has 2 rings (SSSR count). The van der Waals surface area contributed by atoms with Gasteiger partial charge in [-0.2, -0.15) is 0 Å². The van der Waals surface area contributed by atoms with Crippen LogP contribution in [-0.4, -0.2) is 36.4 Å². The molecule has 0 unspecified atom stereocenters. The third-order valence-corrected chi connectivity index (χ3v) is 3.97. The number of anilines is 1. The monoisotopic (exact) mass is 483 g/mol. The molecule has 0 aliphatic rings. The number of amides is 1. The van der Waals surface area contributed by atoms with E-state index in [1.165, 1.54) is 0 Å². The molecule has 24 heavy (non-hydrogen) atoms. The number of hydrogen-bond donors (Lipinski definition) is 3. The van der Waals surface area contributed by atoms with E-state index in [-0.39, 0.29) is 23.9 Å². The molecule has 4 N–H and O–H groups in total. The minimum Gasteiger partial charge on any atom is -0.495 e. The van der Waals surface area contributed by atoms with Gasteiger partial charge in [-0.05, 0) is 38.4 Å². The first-order valence-corrected chi connectivity index (χ1v) is 8.20. The van der Waals surface area contributed by atoms with E-state index < -0.39 is 5.91 Å². The topological polar surface area (TPSA) is 115 Å². The molecule has 132 valence electrons. The van der Waals surface area contributed by atoms with Crippen LogP contribution in [0.2, 0.25) is 0 Å². The Balaban J connectivity index is 0.00000288. The molecule has 11 heteroatoms. The smallest absolute Gasteiger partial charge is 0.277 e. The Kier molecular flexibility index (Phi) is 8.46. The first-order valence-electron chi connectivity index (χ1n) is 6.61. The fourth-order valence-electron chi connectivity index (χ4n) is 1.90. The van der Waals surface area contributed by atoms with Gasteiger partial charge in [-0.15, -0.1) is 12.4 Å². The fourth-order valence-corrected chi connectivity index (χ4v) is 3.37. The van der Waals surface area contributed by atoms with Crippen LogP contribution in [0.4, 0.5) is 5.82 Å². The average molecular weight is 486 g/mol. The molecule has 0 spiro atoms. The Bertz CT molecular complexity index is 698. The van der Waals surface area contributed by atoms with E-state index in [1.54, 1.807) is 7.11 Å². The molecule has 0 radical (unpaired) electrons. The summed E-state index contributed by atoms with van der Waals surface area (Å²) in [5.41, 5.74) is 6.42. The standard InChI is InChI=1S/C13H15Br2N5O3.ClH/c1-22-11-7(4-8(14)5-9(11)15)6-17-2-3-18-13(21)10-12(16)20-23-19-10;/h4-5,17H,2-3,6H2,1H3,(H2,16,20)(H,18,21);1H. The van der Waals surface area contributed by atoms with Crippen LogP contribution in [0.5, 0.6) is 5.75 Å². The van der Waals surface area contributed by atoms with Crippen molar-refractivity contribution >= 4 is 56.0 Å². The number of rotatable bonds is 7. The lowest BCUT2D eigenvalue weighted by atomic mass is 10.2. The van der Waals surface area contributed by atoms with Crippen molar-refractivity contribution in [1.82, 2.24) is 20.9 Å². The second-order valence-corrected chi connectivity index (χ2v) is 6.28. The maximum Gasteiger partial charge on any atom is 0.277 e. The summed E-state index contributed by atoms with van der Waals surface area (Å²) in [6, 6.07) is 3.88. The summed E-state index contributed by atoms with van der Waals surface area (Å²) >= 11 is 6.90. The number of carbonyl (C=O) groups excluding carboxylic acids is 1. The van der Waals surface area contributed by atoms with Gasteiger partial charge in [0, 0.05) is 29.7 Å². The Labute approximate surface area is 161 Å². The van der Waals surface area contributed by atoms with Gasteiger partial charge in [0.1, 0.15) is 5.75 Å². The van der Waals surface area contributed by atoms with Gasteiger partial charge in [-0.25, -0.2) is 4.63 Å². The Morgan fingerprint density at radius 1 is 1.33 bits per heavy atom. The fraction of sp³-hybridized carbons (Fsp3) is 0.308. The van der Waals surface area contributed by atoms with Crippen LogP contribution in [0.3, 0.4) is 0 Å². The number of halogens is 3. The molecule has 1 amide bonds. The van der Waals surface area contributed by atoms with Crippen LogP contribution in [-0.2, 0) is 6.54 Å². The van der Waals surface area contributed by atoms with Crippen molar-refractivity contribution in [3.8, 4) is 5.75 Å². The number of aromatic nitrogens is 2. The van der Waals surface area contributed by atoms with Crippen molar-refractivity contribution in [3.63, 3.8) is 0 Å². The Morgan fingerprint density at radius 2 is 2.08 bits per heavy atom. The van der Waals surface area contributed by atoms with Crippen LogP contribution in [0.25, 0.3) is 0 Å². The van der Waals surface area contributed by atoms with Gasteiger partial charge in [-0.3, -0.25) is 4.79 Å². The average Bonchev–Trinajstić information content (AvgIpc) is 2.92. The molecule has 0 aliphatic heterocycles. The quantitative estimate of drug-likeness (QED) is 0.515. The highest BCUT2D eigenvalue weighted by Gasteiger charge is 2.15. The first kappa shape index (κ1) is 20.7. The van der Waals surface area contributed by atoms with Crippen molar-refractivity contribution in [2.24, 2.45) is 0 Å². The van der Waals surface area contributed by atoms with E-state index in [1.807, 2.05) is 12.1 Å². The minimum atomic E-state index is -0.423. The van der Waals surface area contributed by atoms with Crippen LogP contribution >= 0.6 is 44.3 Å². The summed E-state index contributed by atoms with van der Waals surface area (Å²) in [5, 5.41) is 12.7. The van der Waals surface area contributed by atoms with Gasteiger partial charge in [0.25, 0.3) is 5.91 Å². The summed E-state index contributed by atoms with van der Waals surface area (Å²) in [5.74, 6) is 0.318. The summed E-state index contributed by atoms with van der Waals surface area (Å²) in [4.78, 5) is 11.7. The number of nitrogens with one attached hydrogen (secondary N) is 2. The zero-order valence-corrected chi connectivity index (χ0v) is 16.6.